The Morgan fingerprint density at radius 1 is 1.39 bits per heavy atom. The predicted molar refractivity (Wildman–Crippen MR) is 74.2 cm³/mol. The Labute approximate surface area is 111 Å². The molecule has 0 radical (unpaired) electrons. The highest BCUT2D eigenvalue weighted by Crippen LogP contribution is 2.37. The first-order valence-electron chi connectivity index (χ1n) is 6.39. The largest absolute Gasteiger partial charge is 0.481 e. The lowest BCUT2D eigenvalue weighted by molar-refractivity contribution is -0.138. The van der Waals surface area contributed by atoms with Crippen molar-refractivity contribution in [3.8, 4) is 0 Å². The molecule has 0 amide bonds. The number of carboxylic acids is 1. The van der Waals surface area contributed by atoms with Crippen molar-refractivity contribution < 1.29 is 19.1 Å². The SMILES string of the molecule is CC(C)(C)[Si](C)(C)OCC(CCC=O)CC(=O)O. The van der Waals surface area contributed by atoms with Crippen LogP contribution in [0.25, 0.3) is 0 Å². The van der Waals surface area contributed by atoms with Gasteiger partial charge < -0.3 is 14.3 Å². The summed E-state index contributed by atoms with van der Waals surface area (Å²) in [6.45, 7) is 11.2. The highest BCUT2D eigenvalue weighted by atomic mass is 28.4. The van der Waals surface area contributed by atoms with Crippen LogP contribution in [0.4, 0.5) is 0 Å². The van der Waals surface area contributed by atoms with E-state index in [1.807, 2.05) is 0 Å². The van der Waals surface area contributed by atoms with Gasteiger partial charge in [-0.2, -0.15) is 0 Å². The Morgan fingerprint density at radius 3 is 2.33 bits per heavy atom. The first-order chi connectivity index (χ1) is 8.10. The van der Waals surface area contributed by atoms with Gasteiger partial charge in [0.2, 0.25) is 0 Å². The van der Waals surface area contributed by atoms with Gasteiger partial charge in [-0.1, -0.05) is 20.8 Å². The van der Waals surface area contributed by atoms with Crippen LogP contribution < -0.4 is 0 Å². The second-order valence-corrected chi connectivity index (χ2v) is 11.1. The number of carbonyl (C=O) groups is 2. The van der Waals surface area contributed by atoms with Crippen LogP contribution in [0.2, 0.25) is 18.1 Å². The lowest BCUT2D eigenvalue weighted by Crippen LogP contribution is -2.42. The molecule has 0 bridgehead atoms. The van der Waals surface area contributed by atoms with E-state index >= 15 is 0 Å². The van der Waals surface area contributed by atoms with Gasteiger partial charge in [0.25, 0.3) is 0 Å². The molecule has 0 heterocycles. The fourth-order valence-electron chi connectivity index (χ4n) is 1.34. The van der Waals surface area contributed by atoms with Gasteiger partial charge >= 0.3 is 5.97 Å². The summed E-state index contributed by atoms with van der Waals surface area (Å²) in [5.74, 6) is -0.897. The number of aldehydes is 1. The minimum Gasteiger partial charge on any atom is -0.481 e. The highest BCUT2D eigenvalue weighted by Gasteiger charge is 2.37. The van der Waals surface area contributed by atoms with Gasteiger partial charge in [0.05, 0.1) is 6.42 Å². The quantitative estimate of drug-likeness (QED) is 0.546. The maximum absolute atomic E-state index is 10.8. The standard InChI is InChI=1S/C13H26O4Si/c1-13(2,3)18(4,5)17-10-11(7-6-8-14)9-12(15)16/h8,11H,6-7,9-10H2,1-5H3,(H,15,16). The van der Waals surface area contributed by atoms with Crippen molar-refractivity contribution in [3.05, 3.63) is 0 Å². The lowest BCUT2D eigenvalue weighted by atomic mass is 10.0. The van der Waals surface area contributed by atoms with E-state index in [1.165, 1.54) is 0 Å². The number of aliphatic carboxylic acids is 1. The molecule has 1 atom stereocenters. The molecule has 0 saturated carbocycles. The fraction of sp³-hybridized carbons (Fsp3) is 0.846. The maximum Gasteiger partial charge on any atom is 0.303 e. The smallest absolute Gasteiger partial charge is 0.303 e. The van der Waals surface area contributed by atoms with Crippen molar-refractivity contribution in [1.82, 2.24) is 0 Å². The Hall–Kier alpha value is -0.683. The third kappa shape index (κ3) is 6.30. The summed E-state index contributed by atoms with van der Waals surface area (Å²) >= 11 is 0. The molecule has 18 heavy (non-hydrogen) atoms. The van der Waals surface area contributed by atoms with Gasteiger partial charge in [-0.05, 0) is 30.5 Å². The van der Waals surface area contributed by atoms with Crippen LogP contribution in [0.15, 0.2) is 0 Å². The van der Waals surface area contributed by atoms with Gasteiger partial charge in [0.15, 0.2) is 8.32 Å². The van der Waals surface area contributed by atoms with Gasteiger partial charge in [-0.15, -0.1) is 0 Å². The van der Waals surface area contributed by atoms with Crippen molar-refractivity contribution in [2.45, 2.75) is 58.2 Å². The van der Waals surface area contributed by atoms with Gasteiger partial charge in [0.1, 0.15) is 6.29 Å². The summed E-state index contributed by atoms with van der Waals surface area (Å²) in [5.41, 5.74) is 0. The fourth-order valence-corrected chi connectivity index (χ4v) is 2.42. The Kier molecular flexibility index (Phi) is 6.77. The molecule has 1 unspecified atom stereocenters. The second kappa shape index (κ2) is 7.04. The van der Waals surface area contributed by atoms with E-state index in [4.69, 9.17) is 9.53 Å². The number of hydrogen-bond donors (Lipinski definition) is 1. The summed E-state index contributed by atoms with van der Waals surface area (Å²) in [4.78, 5) is 21.1. The van der Waals surface area contributed by atoms with Crippen LogP contribution >= 0.6 is 0 Å². The van der Waals surface area contributed by atoms with E-state index in [9.17, 15) is 9.59 Å². The molecule has 0 aromatic carbocycles. The summed E-state index contributed by atoms with van der Waals surface area (Å²) in [6, 6.07) is 0. The van der Waals surface area contributed by atoms with Crippen molar-refractivity contribution in [2.75, 3.05) is 6.61 Å². The van der Waals surface area contributed by atoms with Gasteiger partial charge in [-0.25, -0.2) is 0 Å². The topological polar surface area (TPSA) is 63.6 Å². The average Bonchev–Trinajstić information content (AvgIpc) is 2.20. The molecule has 5 heteroatoms. The number of carboxylic acid groups (broad SMARTS) is 1. The molecule has 0 aromatic heterocycles. The van der Waals surface area contributed by atoms with Gasteiger partial charge in [-0.3, -0.25) is 4.79 Å². The molecule has 0 fully saturated rings. The molecule has 0 aliphatic carbocycles. The van der Waals surface area contributed by atoms with Crippen LogP contribution in [0.1, 0.15) is 40.0 Å². The number of hydrogen-bond acceptors (Lipinski definition) is 3. The second-order valence-electron chi connectivity index (χ2n) is 6.28. The van der Waals surface area contributed by atoms with Crippen LogP contribution in [0, 0.1) is 5.92 Å². The first-order valence-corrected chi connectivity index (χ1v) is 9.30. The van der Waals surface area contributed by atoms with E-state index in [2.05, 4.69) is 33.9 Å². The molecular weight excluding hydrogens is 248 g/mol. The first kappa shape index (κ1) is 17.3. The molecule has 0 rings (SSSR count). The van der Waals surface area contributed by atoms with Crippen LogP contribution in [-0.2, 0) is 14.0 Å². The van der Waals surface area contributed by atoms with Crippen molar-refractivity contribution in [3.63, 3.8) is 0 Å². The molecule has 106 valence electrons. The molecule has 4 nitrogen and oxygen atoms in total. The van der Waals surface area contributed by atoms with E-state index in [0.29, 0.717) is 19.4 Å². The predicted octanol–water partition coefficient (Wildman–Crippen LogP) is 3.08. The zero-order valence-corrected chi connectivity index (χ0v) is 13.2. The highest BCUT2D eigenvalue weighted by molar-refractivity contribution is 6.74. The third-order valence-electron chi connectivity index (χ3n) is 3.64. The normalized spacial score (nSPS) is 14.3. The van der Waals surface area contributed by atoms with Crippen molar-refractivity contribution in [1.29, 1.82) is 0 Å². The molecule has 0 spiro atoms. The Bertz CT molecular complexity index is 281. The Morgan fingerprint density at radius 2 is 1.94 bits per heavy atom. The number of carbonyl (C=O) groups excluding carboxylic acids is 1. The molecule has 0 aliphatic heterocycles. The van der Waals surface area contributed by atoms with E-state index < -0.39 is 14.3 Å². The lowest BCUT2D eigenvalue weighted by Gasteiger charge is -2.37. The van der Waals surface area contributed by atoms with E-state index in [1.54, 1.807) is 0 Å². The average molecular weight is 274 g/mol. The molecular formula is C13H26O4Si. The maximum atomic E-state index is 10.8. The minimum atomic E-state index is -1.84. The van der Waals surface area contributed by atoms with E-state index in [-0.39, 0.29) is 17.4 Å². The summed E-state index contributed by atoms with van der Waals surface area (Å²) in [6.07, 6.45) is 1.90. The minimum absolute atomic E-state index is 0.0678. The summed E-state index contributed by atoms with van der Waals surface area (Å²) < 4.78 is 6.01. The molecule has 0 aliphatic rings. The van der Waals surface area contributed by atoms with Crippen LogP contribution in [0.3, 0.4) is 0 Å². The number of rotatable bonds is 8. The zero-order chi connectivity index (χ0) is 14.4. The molecule has 0 saturated heterocycles. The Balaban J connectivity index is 4.41. The van der Waals surface area contributed by atoms with E-state index in [0.717, 1.165) is 6.29 Å². The van der Waals surface area contributed by atoms with Crippen LogP contribution in [0.5, 0.6) is 0 Å². The summed E-state index contributed by atoms with van der Waals surface area (Å²) in [7, 11) is -1.84. The monoisotopic (exact) mass is 274 g/mol. The van der Waals surface area contributed by atoms with Gasteiger partial charge in [0, 0.05) is 13.0 Å². The zero-order valence-electron chi connectivity index (χ0n) is 12.2. The summed E-state index contributed by atoms with van der Waals surface area (Å²) in [5, 5.41) is 8.96. The molecule has 0 aromatic rings. The van der Waals surface area contributed by atoms with Crippen molar-refractivity contribution in [2.24, 2.45) is 5.92 Å². The van der Waals surface area contributed by atoms with Crippen LogP contribution in [-0.4, -0.2) is 32.3 Å². The molecule has 1 N–H and O–H groups in total. The third-order valence-corrected chi connectivity index (χ3v) is 8.14. The van der Waals surface area contributed by atoms with Crippen molar-refractivity contribution >= 4 is 20.6 Å².